The topological polar surface area (TPSA) is 71.2 Å². The number of benzene rings is 1. The van der Waals surface area contributed by atoms with E-state index in [1.165, 1.54) is 12.7 Å². The number of esters is 1. The van der Waals surface area contributed by atoms with Crippen molar-refractivity contribution in [3.8, 4) is 0 Å². The second-order valence-corrected chi connectivity index (χ2v) is 5.49. The number of amides is 1. The first-order chi connectivity index (χ1) is 11.0. The minimum Gasteiger partial charge on any atom is -0.465 e. The minimum atomic E-state index is -0.423. The fourth-order valence-electron chi connectivity index (χ4n) is 2.51. The predicted molar refractivity (Wildman–Crippen MR) is 88.6 cm³/mol. The van der Waals surface area contributed by atoms with E-state index in [9.17, 15) is 9.59 Å². The van der Waals surface area contributed by atoms with Crippen molar-refractivity contribution in [2.45, 2.75) is 33.7 Å². The predicted octanol–water partition coefficient (Wildman–Crippen LogP) is 2.91. The van der Waals surface area contributed by atoms with Gasteiger partial charge in [0.05, 0.1) is 12.7 Å². The summed E-state index contributed by atoms with van der Waals surface area (Å²) in [6, 6.07) is 7.97. The Bertz CT molecular complexity index is 715. The van der Waals surface area contributed by atoms with E-state index >= 15 is 0 Å². The maximum Gasteiger partial charge on any atom is 0.339 e. The number of rotatable bonds is 5. The Morgan fingerprint density at radius 3 is 2.39 bits per heavy atom. The summed E-state index contributed by atoms with van der Waals surface area (Å²) in [5, 5.41) is 2.87. The molecule has 0 fully saturated rings. The second-order valence-electron chi connectivity index (χ2n) is 5.49. The largest absolute Gasteiger partial charge is 0.465 e. The summed E-state index contributed by atoms with van der Waals surface area (Å²) < 4.78 is 4.80. The molecule has 0 aliphatic carbocycles. The summed E-state index contributed by atoms with van der Waals surface area (Å²) in [5.41, 5.74) is 4.41. The van der Waals surface area contributed by atoms with Gasteiger partial charge in [-0.3, -0.25) is 4.79 Å². The zero-order chi connectivity index (χ0) is 17.0. The van der Waals surface area contributed by atoms with E-state index in [0.717, 1.165) is 11.3 Å². The molecule has 2 rings (SSSR count). The van der Waals surface area contributed by atoms with Crippen molar-refractivity contribution in [3.63, 3.8) is 0 Å². The van der Waals surface area contributed by atoms with Gasteiger partial charge in [0.25, 0.3) is 5.91 Å². The van der Waals surface area contributed by atoms with E-state index in [1.54, 1.807) is 6.92 Å². The van der Waals surface area contributed by atoms with Crippen LogP contribution in [0.2, 0.25) is 0 Å². The van der Waals surface area contributed by atoms with Crippen LogP contribution in [0.1, 0.15) is 50.2 Å². The van der Waals surface area contributed by atoms with E-state index in [0.29, 0.717) is 29.8 Å². The van der Waals surface area contributed by atoms with Crippen LogP contribution in [-0.4, -0.2) is 24.0 Å². The van der Waals surface area contributed by atoms with Crippen molar-refractivity contribution in [1.82, 2.24) is 10.3 Å². The third-order valence-electron chi connectivity index (χ3n) is 3.87. The number of aromatic amines is 1. The highest BCUT2D eigenvalue weighted by molar-refractivity contribution is 6.00. The molecule has 1 aromatic carbocycles. The summed E-state index contributed by atoms with van der Waals surface area (Å²) in [6.45, 7) is 6.13. The molecule has 0 atom stereocenters. The van der Waals surface area contributed by atoms with E-state index in [4.69, 9.17) is 4.74 Å². The first-order valence-corrected chi connectivity index (χ1v) is 7.61. The number of carbonyl (C=O) groups excluding carboxylic acids is 2. The van der Waals surface area contributed by atoms with Crippen LogP contribution in [0.5, 0.6) is 0 Å². The number of H-pyrrole nitrogens is 1. The zero-order valence-electron chi connectivity index (χ0n) is 13.9. The number of aryl methyl sites for hydroxylation is 2. The smallest absolute Gasteiger partial charge is 0.339 e. The molecule has 2 aromatic rings. The summed E-state index contributed by atoms with van der Waals surface area (Å²) in [5.74, 6) is -0.652. The molecular formula is C18H22N2O3. The highest BCUT2D eigenvalue weighted by Crippen LogP contribution is 2.20. The molecule has 5 nitrogen and oxygen atoms in total. The van der Waals surface area contributed by atoms with E-state index in [1.807, 2.05) is 38.1 Å². The molecule has 23 heavy (non-hydrogen) atoms. The van der Waals surface area contributed by atoms with Crippen LogP contribution in [0.3, 0.4) is 0 Å². The molecule has 1 heterocycles. The van der Waals surface area contributed by atoms with Crippen molar-refractivity contribution in [3.05, 3.63) is 57.9 Å². The van der Waals surface area contributed by atoms with Gasteiger partial charge in [0, 0.05) is 12.2 Å². The number of hydrogen-bond acceptors (Lipinski definition) is 3. The minimum absolute atomic E-state index is 0.229. The lowest BCUT2D eigenvalue weighted by atomic mass is 10.1. The molecule has 0 radical (unpaired) electrons. The number of hydrogen-bond donors (Lipinski definition) is 2. The fourth-order valence-corrected chi connectivity index (χ4v) is 2.51. The van der Waals surface area contributed by atoms with Crippen LogP contribution < -0.4 is 5.32 Å². The molecule has 0 spiro atoms. The summed E-state index contributed by atoms with van der Waals surface area (Å²) in [7, 11) is 1.34. The van der Waals surface area contributed by atoms with Gasteiger partial charge in [-0.1, -0.05) is 36.8 Å². The van der Waals surface area contributed by atoms with Gasteiger partial charge in [-0.2, -0.15) is 0 Å². The molecule has 0 aliphatic rings. The highest BCUT2D eigenvalue weighted by Gasteiger charge is 2.23. The third kappa shape index (κ3) is 3.62. The van der Waals surface area contributed by atoms with Crippen molar-refractivity contribution < 1.29 is 14.3 Å². The Morgan fingerprint density at radius 2 is 1.83 bits per heavy atom. The molecule has 2 N–H and O–H groups in total. The van der Waals surface area contributed by atoms with E-state index in [-0.39, 0.29) is 5.91 Å². The van der Waals surface area contributed by atoms with Gasteiger partial charge >= 0.3 is 5.97 Å². The normalized spacial score (nSPS) is 10.4. The molecule has 5 heteroatoms. The number of methoxy groups -OCH3 is 1. The Morgan fingerprint density at radius 1 is 1.17 bits per heavy atom. The molecule has 0 saturated carbocycles. The zero-order valence-corrected chi connectivity index (χ0v) is 13.9. The first kappa shape index (κ1) is 16.8. The Kier molecular flexibility index (Phi) is 5.21. The van der Waals surface area contributed by atoms with Crippen LogP contribution in [0.15, 0.2) is 24.3 Å². The molecule has 0 aliphatic heterocycles. The summed E-state index contributed by atoms with van der Waals surface area (Å²) in [4.78, 5) is 27.3. The molecule has 1 aromatic heterocycles. The van der Waals surface area contributed by atoms with Crippen molar-refractivity contribution in [2.75, 3.05) is 7.11 Å². The van der Waals surface area contributed by atoms with Crippen molar-refractivity contribution >= 4 is 11.9 Å². The van der Waals surface area contributed by atoms with E-state index in [2.05, 4.69) is 10.3 Å². The molecule has 0 bridgehead atoms. The monoisotopic (exact) mass is 314 g/mol. The van der Waals surface area contributed by atoms with Gasteiger partial charge in [0.1, 0.15) is 5.69 Å². The molecule has 0 saturated heterocycles. The first-order valence-electron chi connectivity index (χ1n) is 7.61. The number of carbonyl (C=O) groups is 2. The number of nitrogens with one attached hydrogen (secondary N) is 2. The second kappa shape index (κ2) is 7.13. The van der Waals surface area contributed by atoms with Crippen LogP contribution >= 0.6 is 0 Å². The molecule has 1 amide bonds. The Balaban J connectivity index is 2.17. The number of ether oxygens (including phenoxy) is 1. The van der Waals surface area contributed by atoms with Crippen LogP contribution in [-0.2, 0) is 17.7 Å². The molecule has 122 valence electrons. The van der Waals surface area contributed by atoms with Crippen LogP contribution in [0.4, 0.5) is 0 Å². The number of aromatic nitrogens is 1. The van der Waals surface area contributed by atoms with Gasteiger partial charge < -0.3 is 15.0 Å². The summed E-state index contributed by atoms with van der Waals surface area (Å²) in [6.07, 6.45) is 0.622. The Labute approximate surface area is 136 Å². The fraction of sp³-hybridized carbons (Fsp3) is 0.333. The maximum atomic E-state index is 12.4. The van der Waals surface area contributed by atoms with Crippen LogP contribution in [0.25, 0.3) is 0 Å². The Hall–Kier alpha value is -2.56. The lowest BCUT2D eigenvalue weighted by Crippen LogP contribution is -2.24. The quantitative estimate of drug-likeness (QED) is 0.834. The van der Waals surface area contributed by atoms with E-state index < -0.39 is 5.97 Å². The average molecular weight is 314 g/mol. The van der Waals surface area contributed by atoms with Gasteiger partial charge in [-0.25, -0.2) is 4.79 Å². The lowest BCUT2D eigenvalue weighted by Gasteiger charge is -2.06. The maximum absolute atomic E-state index is 12.4. The van der Waals surface area contributed by atoms with Gasteiger partial charge in [0.15, 0.2) is 0 Å². The van der Waals surface area contributed by atoms with Crippen LogP contribution in [0, 0.1) is 13.8 Å². The average Bonchev–Trinajstić information content (AvgIpc) is 2.90. The standard InChI is InChI=1S/C18H22N2O3/c1-5-14-15(18(22)23-4)12(3)16(20-14)17(21)19-10-13-8-6-11(2)7-9-13/h6-9,20H,5,10H2,1-4H3,(H,19,21). The van der Waals surface area contributed by atoms with Gasteiger partial charge in [0.2, 0.25) is 0 Å². The highest BCUT2D eigenvalue weighted by atomic mass is 16.5. The van der Waals surface area contributed by atoms with Crippen molar-refractivity contribution in [2.24, 2.45) is 0 Å². The lowest BCUT2D eigenvalue weighted by molar-refractivity contribution is 0.0599. The van der Waals surface area contributed by atoms with Crippen molar-refractivity contribution in [1.29, 1.82) is 0 Å². The van der Waals surface area contributed by atoms with Gasteiger partial charge in [-0.05, 0) is 31.4 Å². The van der Waals surface area contributed by atoms with Gasteiger partial charge in [-0.15, -0.1) is 0 Å². The third-order valence-corrected chi connectivity index (χ3v) is 3.87. The molecule has 0 unspecified atom stereocenters. The SMILES string of the molecule is CCc1[nH]c(C(=O)NCc2ccc(C)cc2)c(C)c1C(=O)OC. The summed E-state index contributed by atoms with van der Waals surface area (Å²) >= 11 is 0. The molecular weight excluding hydrogens is 292 g/mol.